The standard InChI is InChI=1S/C40H74O13Si8/c41-54(33-17-1-2-18-33)43-56(35-21-5-6-22-35)47-58(37-25-9-10-26-37)45-55(42,34-19-3-4-20-34)46-59(38-27-11-12-28-38)48-57(44-54,36-23-7-8-24-36)50-60(49-56,39-29-13-14-30-39)53-61(51-58,52-59)40-31-15-16-32-40/h33-42H,1-32H2. The molecule has 4 unspecified atom stereocenters. The molecule has 0 amide bonds. The lowest BCUT2D eigenvalue weighted by Gasteiger charge is -2.64. The average molecular weight is 988 g/mol. The van der Waals surface area contributed by atoms with E-state index in [1.807, 2.05) is 0 Å². The number of hydrogen-bond donors (Lipinski definition) is 2. The molecule has 4 saturated heterocycles. The average Bonchev–Trinajstić information content (AvgIpc) is 4.09. The smallest absolute Gasteiger partial charge is 0.390 e. The summed E-state index contributed by atoms with van der Waals surface area (Å²) in [5, 5.41) is 0. The first-order valence-electron chi connectivity index (χ1n) is 25.8. The van der Waals surface area contributed by atoms with E-state index < -0.39 is 70.4 Å². The molecule has 0 aromatic carbocycles. The molecule has 4 aliphatic heterocycles. The van der Waals surface area contributed by atoms with E-state index in [1.165, 1.54) is 0 Å². The first kappa shape index (κ1) is 43.5. The molecule has 12 aliphatic rings. The van der Waals surface area contributed by atoms with Crippen molar-refractivity contribution < 1.29 is 54.9 Å². The van der Waals surface area contributed by atoms with Crippen LogP contribution in [0.15, 0.2) is 0 Å². The number of hydrogen-bond acceptors (Lipinski definition) is 13. The molecule has 61 heavy (non-hydrogen) atoms. The third kappa shape index (κ3) is 7.32. The first-order valence-corrected chi connectivity index (χ1v) is 40.3. The largest absolute Gasteiger partial charge is 0.486 e. The Labute approximate surface area is 373 Å². The quantitative estimate of drug-likeness (QED) is 0.223. The van der Waals surface area contributed by atoms with Crippen LogP contribution in [0, 0.1) is 0 Å². The number of fused-ring (bicyclic) bond motifs is 4. The molecule has 13 nitrogen and oxygen atoms in total. The van der Waals surface area contributed by atoms with Crippen LogP contribution in [-0.2, 0) is 45.3 Å². The lowest BCUT2D eigenvalue weighted by Crippen LogP contribution is -2.87. The van der Waals surface area contributed by atoms with Gasteiger partial charge in [-0.25, -0.2) is 0 Å². The van der Waals surface area contributed by atoms with E-state index >= 15 is 0 Å². The third-order valence-corrected chi connectivity index (χ3v) is 55.9. The molecule has 12 fully saturated rings. The summed E-state index contributed by atoms with van der Waals surface area (Å²) in [6, 6.07) is 0. The second kappa shape index (κ2) is 16.4. The van der Waals surface area contributed by atoms with E-state index in [2.05, 4.69) is 0 Å². The molecule has 4 atom stereocenters. The second-order valence-electron chi connectivity index (χ2n) is 21.9. The Kier molecular flexibility index (Phi) is 11.7. The molecule has 8 saturated carbocycles. The number of rotatable bonds is 8. The highest BCUT2D eigenvalue weighted by atomic mass is 28.6. The zero-order chi connectivity index (χ0) is 41.0. The summed E-state index contributed by atoms with van der Waals surface area (Å²) < 4.78 is 90.1. The van der Waals surface area contributed by atoms with Gasteiger partial charge < -0.3 is 54.9 Å². The molecule has 0 spiro atoms. The van der Waals surface area contributed by atoms with Crippen LogP contribution in [0.4, 0.5) is 0 Å². The van der Waals surface area contributed by atoms with Crippen LogP contribution < -0.4 is 0 Å². The molecule has 0 aromatic heterocycles. The predicted molar refractivity (Wildman–Crippen MR) is 240 cm³/mol. The van der Waals surface area contributed by atoms with Gasteiger partial charge >= 0.3 is 70.4 Å². The molecule has 344 valence electrons. The van der Waals surface area contributed by atoms with Gasteiger partial charge in [-0.2, -0.15) is 0 Å². The Balaban J connectivity index is 1.18. The normalized spacial score (nSPS) is 49.3. The Hall–Kier alpha value is 1.22. The van der Waals surface area contributed by atoms with Crippen LogP contribution in [0.3, 0.4) is 0 Å². The van der Waals surface area contributed by atoms with Crippen molar-refractivity contribution in [2.75, 3.05) is 0 Å². The Morgan fingerprint density at radius 2 is 0.328 bits per heavy atom. The summed E-state index contributed by atoms with van der Waals surface area (Å²) in [5.41, 5.74) is -0.751. The summed E-state index contributed by atoms with van der Waals surface area (Å²) in [6.07, 6.45) is 30.6. The second-order valence-corrected chi connectivity index (χ2v) is 47.1. The molecule has 21 heteroatoms. The highest BCUT2D eigenvalue weighted by Gasteiger charge is 2.86. The van der Waals surface area contributed by atoms with E-state index in [4.69, 9.17) is 45.3 Å². The molecule has 0 radical (unpaired) electrons. The molecule has 4 heterocycles. The highest BCUT2D eigenvalue weighted by Crippen LogP contribution is 2.64. The van der Waals surface area contributed by atoms with Crippen LogP contribution in [0.5, 0.6) is 0 Å². The van der Waals surface area contributed by atoms with Crippen molar-refractivity contribution in [2.45, 2.75) is 250 Å². The fourth-order valence-electron chi connectivity index (χ4n) is 14.7. The van der Waals surface area contributed by atoms with Gasteiger partial charge in [0, 0.05) is 44.3 Å². The van der Waals surface area contributed by atoms with Gasteiger partial charge in [-0.05, 0) is 103 Å². The van der Waals surface area contributed by atoms with Gasteiger partial charge in [0.25, 0.3) is 0 Å². The van der Waals surface area contributed by atoms with Gasteiger partial charge in [0.05, 0.1) is 0 Å². The van der Waals surface area contributed by atoms with Crippen molar-refractivity contribution in [3.8, 4) is 0 Å². The lowest BCUT2D eigenvalue weighted by atomic mass is 10.4. The van der Waals surface area contributed by atoms with Crippen LogP contribution >= 0.6 is 0 Å². The van der Waals surface area contributed by atoms with Gasteiger partial charge in [0.2, 0.25) is 0 Å². The van der Waals surface area contributed by atoms with E-state index in [0.29, 0.717) is 0 Å². The monoisotopic (exact) mass is 986 g/mol. The van der Waals surface area contributed by atoms with E-state index in [-0.39, 0.29) is 44.3 Å². The van der Waals surface area contributed by atoms with Gasteiger partial charge in [-0.15, -0.1) is 0 Å². The Morgan fingerprint density at radius 1 is 0.197 bits per heavy atom. The van der Waals surface area contributed by atoms with Crippen molar-refractivity contribution in [1.29, 1.82) is 0 Å². The highest BCUT2D eigenvalue weighted by molar-refractivity contribution is 7.02. The van der Waals surface area contributed by atoms with Crippen molar-refractivity contribution in [3.05, 3.63) is 0 Å². The van der Waals surface area contributed by atoms with Gasteiger partial charge in [-0.1, -0.05) is 103 Å². The SMILES string of the molecule is O[Si]1(C2CCCC2)O[Si]2(C3CCCC3)O[Si]3(C4CCCC4)O[Si](O)(C4CCCC4)O[Si]4(C5CCCC5)O[Si](C5CCCC5)(O1)O[Si](C1CCCC1)(O2)O[Si](C1CCCC1)(O3)O4. The minimum atomic E-state index is -4.27. The summed E-state index contributed by atoms with van der Waals surface area (Å²) in [5.74, 6) is 0. The molecule has 12 rings (SSSR count). The summed E-state index contributed by atoms with van der Waals surface area (Å²) in [4.78, 5) is 27.9. The molecule has 2 N–H and O–H groups in total. The minimum Gasteiger partial charge on any atom is -0.390 e. The summed E-state index contributed by atoms with van der Waals surface area (Å²) >= 11 is 0. The fraction of sp³-hybridized carbons (Fsp3) is 1.00. The molecule has 8 aliphatic carbocycles. The van der Waals surface area contributed by atoms with Gasteiger partial charge in [0.1, 0.15) is 0 Å². The maximum Gasteiger partial charge on any atom is 0.486 e. The molecule has 6 bridgehead atoms. The summed E-state index contributed by atoms with van der Waals surface area (Å²) in [7, 11) is -33.2. The topological polar surface area (TPSA) is 142 Å². The van der Waals surface area contributed by atoms with E-state index in [1.54, 1.807) is 0 Å². The van der Waals surface area contributed by atoms with E-state index in [9.17, 15) is 9.59 Å². The van der Waals surface area contributed by atoms with E-state index in [0.717, 1.165) is 205 Å². The van der Waals surface area contributed by atoms with Crippen molar-refractivity contribution in [1.82, 2.24) is 0 Å². The van der Waals surface area contributed by atoms with Crippen molar-refractivity contribution in [3.63, 3.8) is 0 Å². The van der Waals surface area contributed by atoms with Crippen molar-refractivity contribution >= 4 is 70.4 Å². The third-order valence-electron chi connectivity index (χ3n) is 18.0. The van der Waals surface area contributed by atoms with Crippen LogP contribution in [0.2, 0.25) is 44.3 Å². The lowest BCUT2D eigenvalue weighted by molar-refractivity contribution is -0.0269. The summed E-state index contributed by atoms with van der Waals surface area (Å²) in [6.45, 7) is 0. The van der Waals surface area contributed by atoms with Gasteiger partial charge in [0.15, 0.2) is 0 Å². The zero-order valence-corrected chi connectivity index (χ0v) is 44.6. The van der Waals surface area contributed by atoms with Crippen LogP contribution in [0.1, 0.15) is 205 Å². The zero-order valence-electron chi connectivity index (χ0n) is 36.6. The Morgan fingerprint density at radius 3 is 0.492 bits per heavy atom. The van der Waals surface area contributed by atoms with Crippen LogP contribution in [-0.4, -0.2) is 80.0 Å². The molecular formula is C40H74O13Si8. The molecular weight excluding hydrogens is 913 g/mol. The minimum absolute atomic E-state index is 0.0101. The van der Waals surface area contributed by atoms with Gasteiger partial charge in [-0.3, -0.25) is 0 Å². The Bertz CT molecular complexity index is 1400. The van der Waals surface area contributed by atoms with Crippen LogP contribution in [0.25, 0.3) is 0 Å². The first-order chi connectivity index (χ1) is 29.6. The maximum atomic E-state index is 14.0. The maximum absolute atomic E-state index is 14.0. The molecule has 0 aromatic rings. The predicted octanol–water partition coefficient (Wildman–Crippen LogP) is 10.3. The fourth-order valence-corrected chi connectivity index (χ4v) is 66.8. The van der Waals surface area contributed by atoms with Crippen molar-refractivity contribution in [2.24, 2.45) is 0 Å².